The number of aryl methyl sites for hydroxylation is 2. The molecule has 0 bridgehead atoms. The number of hydrogen-bond acceptors (Lipinski definition) is 1. The molecule has 1 aromatic rings. The second-order valence-electron chi connectivity index (χ2n) is 4.17. The standard InChI is InChI=1S/C14H18O2/c1-9-8-10(2)12(4)13(11(9)3)6-5-7-14(15)16/h5-6,8H,7H2,1-4H3,(H,15,16). The molecule has 0 aliphatic rings. The summed E-state index contributed by atoms with van der Waals surface area (Å²) in [4.78, 5) is 10.4. The van der Waals surface area contributed by atoms with Crippen LogP contribution in [0.15, 0.2) is 12.1 Å². The van der Waals surface area contributed by atoms with Crippen LogP contribution in [-0.2, 0) is 4.79 Å². The molecule has 0 aromatic heterocycles. The number of aliphatic carboxylic acids is 1. The van der Waals surface area contributed by atoms with Gasteiger partial charge in [0.2, 0.25) is 0 Å². The van der Waals surface area contributed by atoms with Crippen molar-refractivity contribution in [1.29, 1.82) is 0 Å². The Bertz CT molecular complexity index is 416. The number of rotatable bonds is 3. The first kappa shape index (κ1) is 12.5. The predicted octanol–water partition coefficient (Wildman–Crippen LogP) is 3.41. The van der Waals surface area contributed by atoms with Gasteiger partial charge in [0.05, 0.1) is 6.42 Å². The van der Waals surface area contributed by atoms with Crippen LogP contribution in [0, 0.1) is 27.7 Å². The summed E-state index contributed by atoms with van der Waals surface area (Å²) in [7, 11) is 0. The van der Waals surface area contributed by atoms with Gasteiger partial charge in [0.25, 0.3) is 0 Å². The summed E-state index contributed by atoms with van der Waals surface area (Å²) in [6, 6.07) is 2.17. The zero-order chi connectivity index (χ0) is 12.3. The molecule has 0 spiro atoms. The first-order chi connectivity index (χ1) is 7.43. The summed E-state index contributed by atoms with van der Waals surface area (Å²) >= 11 is 0. The van der Waals surface area contributed by atoms with Crippen LogP contribution in [0.3, 0.4) is 0 Å². The van der Waals surface area contributed by atoms with E-state index >= 15 is 0 Å². The summed E-state index contributed by atoms with van der Waals surface area (Å²) in [6.45, 7) is 8.30. The highest BCUT2D eigenvalue weighted by Crippen LogP contribution is 2.22. The smallest absolute Gasteiger partial charge is 0.307 e. The van der Waals surface area contributed by atoms with E-state index < -0.39 is 5.97 Å². The van der Waals surface area contributed by atoms with E-state index in [0.29, 0.717) is 0 Å². The van der Waals surface area contributed by atoms with E-state index in [1.807, 2.05) is 6.08 Å². The van der Waals surface area contributed by atoms with Crippen molar-refractivity contribution in [3.8, 4) is 0 Å². The Morgan fingerprint density at radius 3 is 2.12 bits per heavy atom. The summed E-state index contributed by atoms with van der Waals surface area (Å²) < 4.78 is 0. The predicted molar refractivity (Wildman–Crippen MR) is 66.7 cm³/mol. The maximum atomic E-state index is 10.4. The van der Waals surface area contributed by atoms with Gasteiger partial charge < -0.3 is 5.11 Å². The van der Waals surface area contributed by atoms with Gasteiger partial charge in [-0.05, 0) is 55.5 Å². The summed E-state index contributed by atoms with van der Waals surface area (Å²) in [6.07, 6.45) is 3.70. The SMILES string of the molecule is Cc1cc(C)c(C)c(C=CCC(=O)O)c1C. The molecule has 1 aromatic carbocycles. The van der Waals surface area contributed by atoms with Gasteiger partial charge in [-0.15, -0.1) is 0 Å². The summed E-state index contributed by atoms with van der Waals surface area (Å²) in [5.74, 6) is -0.795. The second-order valence-corrected chi connectivity index (χ2v) is 4.17. The van der Waals surface area contributed by atoms with E-state index in [1.165, 1.54) is 22.3 Å². The molecule has 86 valence electrons. The molecule has 0 aliphatic carbocycles. The maximum absolute atomic E-state index is 10.4. The second kappa shape index (κ2) is 4.97. The van der Waals surface area contributed by atoms with Crippen molar-refractivity contribution in [3.63, 3.8) is 0 Å². The number of hydrogen-bond donors (Lipinski definition) is 1. The van der Waals surface area contributed by atoms with E-state index in [-0.39, 0.29) is 6.42 Å². The topological polar surface area (TPSA) is 37.3 Å². The van der Waals surface area contributed by atoms with Gasteiger partial charge >= 0.3 is 5.97 Å². The Balaban J connectivity index is 3.12. The molecular formula is C14H18O2. The molecule has 0 amide bonds. The van der Waals surface area contributed by atoms with E-state index in [9.17, 15) is 4.79 Å². The van der Waals surface area contributed by atoms with Gasteiger partial charge in [-0.2, -0.15) is 0 Å². The van der Waals surface area contributed by atoms with Gasteiger partial charge in [0.1, 0.15) is 0 Å². The van der Waals surface area contributed by atoms with Gasteiger partial charge in [-0.25, -0.2) is 0 Å². The van der Waals surface area contributed by atoms with Crippen molar-refractivity contribution in [2.45, 2.75) is 34.1 Å². The minimum absolute atomic E-state index is 0.0753. The first-order valence-corrected chi connectivity index (χ1v) is 5.39. The fraction of sp³-hybridized carbons (Fsp3) is 0.357. The minimum atomic E-state index is -0.795. The molecule has 0 heterocycles. The highest BCUT2D eigenvalue weighted by atomic mass is 16.4. The quantitative estimate of drug-likeness (QED) is 0.844. The van der Waals surface area contributed by atoms with E-state index in [1.54, 1.807) is 6.08 Å². The third kappa shape index (κ3) is 2.72. The van der Waals surface area contributed by atoms with Crippen molar-refractivity contribution in [3.05, 3.63) is 40.0 Å². The molecule has 16 heavy (non-hydrogen) atoms. The van der Waals surface area contributed by atoms with Crippen LogP contribution in [0.2, 0.25) is 0 Å². The van der Waals surface area contributed by atoms with Gasteiger partial charge in [0, 0.05) is 0 Å². The molecule has 0 radical (unpaired) electrons. The molecule has 2 heteroatoms. The normalized spacial score (nSPS) is 11.0. The zero-order valence-corrected chi connectivity index (χ0v) is 10.3. The van der Waals surface area contributed by atoms with Gasteiger partial charge in [-0.3, -0.25) is 4.79 Å². The van der Waals surface area contributed by atoms with Crippen LogP contribution in [-0.4, -0.2) is 11.1 Å². The number of carboxylic acid groups (broad SMARTS) is 1. The molecule has 1 rings (SSSR count). The van der Waals surface area contributed by atoms with Crippen LogP contribution in [0.25, 0.3) is 6.08 Å². The molecule has 0 unspecified atom stereocenters. The van der Waals surface area contributed by atoms with Crippen molar-refractivity contribution >= 4 is 12.0 Å². The average molecular weight is 218 g/mol. The Kier molecular flexibility index (Phi) is 3.88. The van der Waals surface area contributed by atoms with Crippen LogP contribution in [0.5, 0.6) is 0 Å². The Morgan fingerprint density at radius 2 is 1.69 bits per heavy atom. The molecule has 2 nitrogen and oxygen atoms in total. The van der Waals surface area contributed by atoms with Gasteiger partial charge in [-0.1, -0.05) is 18.2 Å². The lowest BCUT2D eigenvalue weighted by Crippen LogP contribution is -1.95. The molecular weight excluding hydrogens is 200 g/mol. The molecule has 1 N–H and O–H groups in total. The third-order valence-electron chi connectivity index (χ3n) is 3.00. The molecule has 0 aliphatic heterocycles. The number of benzene rings is 1. The number of carboxylic acids is 1. The maximum Gasteiger partial charge on any atom is 0.307 e. The first-order valence-electron chi connectivity index (χ1n) is 5.39. The van der Waals surface area contributed by atoms with Crippen LogP contribution in [0.4, 0.5) is 0 Å². The lowest BCUT2D eigenvalue weighted by Gasteiger charge is -2.11. The van der Waals surface area contributed by atoms with Crippen LogP contribution < -0.4 is 0 Å². The van der Waals surface area contributed by atoms with Crippen LogP contribution in [0.1, 0.15) is 34.2 Å². The third-order valence-corrected chi connectivity index (χ3v) is 3.00. The molecule has 0 saturated heterocycles. The lowest BCUT2D eigenvalue weighted by atomic mass is 9.94. The Labute approximate surface area is 96.6 Å². The molecule has 0 atom stereocenters. The summed E-state index contributed by atoms with van der Waals surface area (Å²) in [5, 5.41) is 8.59. The minimum Gasteiger partial charge on any atom is -0.481 e. The lowest BCUT2D eigenvalue weighted by molar-refractivity contribution is -0.135. The Morgan fingerprint density at radius 1 is 1.19 bits per heavy atom. The van der Waals surface area contributed by atoms with Crippen molar-refractivity contribution in [2.24, 2.45) is 0 Å². The monoisotopic (exact) mass is 218 g/mol. The number of carbonyl (C=O) groups is 1. The highest BCUT2D eigenvalue weighted by molar-refractivity contribution is 5.71. The highest BCUT2D eigenvalue weighted by Gasteiger charge is 2.05. The van der Waals surface area contributed by atoms with E-state index in [4.69, 9.17) is 5.11 Å². The van der Waals surface area contributed by atoms with Crippen LogP contribution >= 0.6 is 0 Å². The fourth-order valence-corrected chi connectivity index (χ4v) is 1.77. The van der Waals surface area contributed by atoms with Crippen molar-refractivity contribution < 1.29 is 9.90 Å². The Hall–Kier alpha value is -1.57. The fourth-order valence-electron chi connectivity index (χ4n) is 1.77. The zero-order valence-electron chi connectivity index (χ0n) is 10.3. The summed E-state index contributed by atoms with van der Waals surface area (Å²) in [5.41, 5.74) is 6.10. The van der Waals surface area contributed by atoms with E-state index in [2.05, 4.69) is 33.8 Å². The largest absolute Gasteiger partial charge is 0.481 e. The van der Waals surface area contributed by atoms with Crippen molar-refractivity contribution in [2.75, 3.05) is 0 Å². The average Bonchev–Trinajstić information content (AvgIpc) is 2.20. The van der Waals surface area contributed by atoms with Crippen molar-refractivity contribution in [1.82, 2.24) is 0 Å². The molecule has 0 saturated carbocycles. The van der Waals surface area contributed by atoms with E-state index in [0.717, 1.165) is 5.56 Å². The van der Waals surface area contributed by atoms with Gasteiger partial charge in [0.15, 0.2) is 0 Å². The molecule has 0 fully saturated rings.